The van der Waals surface area contributed by atoms with Gasteiger partial charge < -0.3 is 4.57 Å². The van der Waals surface area contributed by atoms with Crippen molar-refractivity contribution in [2.24, 2.45) is 7.05 Å². The number of carbonyl (C=O) groups is 1. The van der Waals surface area contributed by atoms with Crippen LogP contribution in [0.25, 0.3) is 22.2 Å². The number of fused-ring (bicyclic) bond motifs is 1. The summed E-state index contributed by atoms with van der Waals surface area (Å²) in [5.41, 5.74) is 4.09. The average molecular weight is 277 g/mol. The summed E-state index contributed by atoms with van der Waals surface area (Å²) in [6, 6.07) is 18.3. The molecule has 0 amide bonds. The van der Waals surface area contributed by atoms with Crippen LogP contribution in [0.15, 0.2) is 54.6 Å². The molecule has 0 fully saturated rings. The minimum absolute atomic E-state index is 0.230. The van der Waals surface area contributed by atoms with Gasteiger partial charge in [0, 0.05) is 24.4 Å². The summed E-state index contributed by atoms with van der Waals surface area (Å²) in [4.78, 5) is 12.7. The summed E-state index contributed by atoms with van der Waals surface area (Å²) in [5.74, 6) is 0.230. The highest BCUT2D eigenvalue weighted by Gasteiger charge is 2.21. The smallest absolute Gasteiger partial charge is 0.165 e. The molecule has 0 aliphatic heterocycles. The molecule has 0 saturated carbocycles. The molecule has 0 aliphatic rings. The molecule has 3 aromatic rings. The van der Waals surface area contributed by atoms with Gasteiger partial charge in [-0.2, -0.15) is 0 Å². The van der Waals surface area contributed by atoms with Gasteiger partial charge in [0.25, 0.3) is 0 Å². The fourth-order valence-corrected chi connectivity index (χ4v) is 2.96. The number of hydrogen-bond acceptors (Lipinski definition) is 1. The number of nitrogens with zero attached hydrogens (tertiary/aromatic N) is 1. The number of benzene rings is 2. The monoisotopic (exact) mass is 277 g/mol. The molecule has 21 heavy (non-hydrogen) atoms. The molecule has 0 radical (unpaired) electrons. The van der Waals surface area contributed by atoms with Crippen LogP contribution in [0.1, 0.15) is 30.1 Å². The molecule has 0 unspecified atom stereocenters. The van der Waals surface area contributed by atoms with E-state index in [2.05, 4.69) is 22.8 Å². The maximum absolute atomic E-state index is 12.7. The number of carbonyl (C=O) groups excluding carboxylic acids is 1. The quantitative estimate of drug-likeness (QED) is 0.626. The molecule has 0 aliphatic carbocycles. The lowest BCUT2D eigenvalue weighted by Gasteiger charge is -2.07. The number of rotatable bonds is 4. The molecular weight excluding hydrogens is 258 g/mol. The SMILES string of the molecule is CCCC(=O)c1c(-c2ccccc2)n(C)c2ccccc12. The molecule has 2 heteroatoms. The maximum Gasteiger partial charge on any atom is 0.165 e. The van der Waals surface area contributed by atoms with Crippen molar-refractivity contribution in [3.8, 4) is 11.3 Å². The van der Waals surface area contributed by atoms with E-state index in [4.69, 9.17) is 0 Å². The van der Waals surface area contributed by atoms with Gasteiger partial charge in [0.1, 0.15) is 0 Å². The topological polar surface area (TPSA) is 22.0 Å². The van der Waals surface area contributed by atoms with E-state index < -0.39 is 0 Å². The lowest BCUT2D eigenvalue weighted by atomic mass is 9.99. The number of para-hydroxylation sites is 1. The van der Waals surface area contributed by atoms with Crippen molar-refractivity contribution in [3.63, 3.8) is 0 Å². The first-order valence-electron chi connectivity index (χ1n) is 7.40. The van der Waals surface area contributed by atoms with Crippen LogP contribution in [0.4, 0.5) is 0 Å². The second-order valence-corrected chi connectivity index (χ2v) is 5.34. The largest absolute Gasteiger partial charge is 0.343 e. The minimum atomic E-state index is 0.230. The second-order valence-electron chi connectivity index (χ2n) is 5.34. The van der Waals surface area contributed by atoms with E-state index in [0.29, 0.717) is 6.42 Å². The molecule has 0 bridgehead atoms. The highest BCUT2D eigenvalue weighted by atomic mass is 16.1. The number of aryl methyl sites for hydroxylation is 1. The molecule has 106 valence electrons. The Morgan fingerprint density at radius 1 is 1.00 bits per heavy atom. The minimum Gasteiger partial charge on any atom is -0.343 e. The third kappa shape index (κ3) is 2.27. The van der Waals surface area contributed by atoms with E-state index >= 15 is 0 Å². The molecular formula is C19H19NO. The van der Waals surface area contributed by atoms with E-state index in [1.54, 1.807) is 0 Å². The van der Waals surface area contributed by atoms with Gasteiger partial charge in [0.15, 0.2) is 5.78 Å². The van der Waals surface area contributed by atoms with Crippen LogP contribution in [0, 0.1) is 0 Å². The Bertz CT molecular complexity index is 784. The predicted molar refractivity (Wildman–Crippen MR) is 87.6 cm³/mol. The van der Waals surface area contributed by atoms with Gasteiger partial charge in [-0.15, -0.1) is 0 Å². The third-order valence-corrected chi connectivity index (χ3v) is 3.91. The first-order valence-corrected chi connectivity index (χ1v) is 7.40. The molecule has 0 atom stereocenters. The molecule has 1 aromatic heterocycles. The molecule has 0 N–H and O–H groups in total. The number of Topliss-reactive ketones (excluding diaryl/α,β-unsaturated/α-hetero) is 1. The Labute approximate surface area is 125 Å². The zero-order valence-electron chi connectivity index (χ0n) is 12.5. The van der Waals surface area contributed by atoms with Gasteiger partial charge in [-0.3, -0.25) is 4.79 Å². The Balaban J connectivity index is 2.34. The average Bonchev–Trinajstić information content (AvgIpc) is 2.82. The third-order valence-electron chi connectivity index (χ3n) is 3.91. The summed E-state index contributed by atoms with van der Waals surface area (Å²) in [6.45, 7) is 2.05. The molecule has 2 aromatic carbocycles. The highest BCUT2D eigenvalue weighted by molar-refractivity contribution is 6.13. The van der Waals surface area contributed by atoms with Crippen molar-refractivity contribution >= 4 is 16.7 Å². The lowest BCUT2D eigenvalue weighted by molar-refractivity contribution is 0.0984. The zero-order chi connectivity index (χ0) is 14.8. The molecule has 0 spiro atoms. The summed E-state index contributed by atoms with van der Waals surface area (Å²) in [5, 5.41) is 1.05. The van der Waals surface area contributed by atoms with E-state index in [-0.39, 0.29) is 5.78 Å². The van der Waals surface area contributed by atoms with Crippen molar-refractivity contribution in [3.05, 3.63) is 60.2 Å². The number of ketones is 1. The van der Waals surface area contributed by atoms with Gasteiger partial charge in [-0.05, 0) is 18.1 Å². The van der Waals surface area contributed by atoms with Gasteiger partial charge in [0.05, 0.1) is 11.3 Å². The van der Waals surface area contributed by atoms with Crippen LogP contribution >= 0.6 is 0 Å². The van der Waals surface area contributed by atoms with E-state index in [0.717, 1.165) is 34.1 Å². The molecule has 0 saturated heterocycles. The van der Waals surface area contributed by atoms with E-state index in [1.165, 1.54) is 0 Å². The second kappa shape index (κ2) is 5.57. The van der Waals surface area contributed by atoms with Crippen LogP contribution in [0.5, 0.6) is 0 Å². The fraction of sp³-hybridized carbons (Fsp3) is 0.211. The summed E-state index contributed by atoms with van der Waals surface area (Å²) in [7, 11) is 2.04. The zero-order valence-corrected chi connectivity index (χ0v) is 12.5. The van der Waals surface area contributed by atoms with Crippen LogP contribution in [-0.2, 0) is 7.05 Å². The normalized spacial score (nSPS) is 11.0. The van der Waals surface area contributed by atoms with Gasteiger partial charge in [-0.25, -0.2) is 0 Å². The molecule has 3 rings (SSSR count). The highest BCUT2D eigenvalue weighted by Crippen LogP contribution is 2.33. The van der Waals surface area contributed by atoms with Gasteiger partial charge in [0.2, 0.25) is 0 Å². The first kappa shape index (κ1) is 13.6. The molecule has 2 nitrogen and oxygen atoms in total. The number of aromatic nitrogens is 1. The van der Waals surface area contributed by atoms with Crippen molar-refractivity contribution in [1.82, 2.24) is 4.57 Å². The van der Waals surface area contributed by atoms with Crippen molar-refractivity contribution in [1.29, 1.82) is 0 Å². The van der Waals surface area contributed by atoms with E-state index in [9.17, 15) is 4.79 Å². The van der Waals surface area contributed by atoms with Crippen LogP contribution in [0.3, 0.4) is 0 Å². The fourth-order valence-electron chi connectivity index (χ4n) is 2.96. The van der Waals surface area contributed by atoms with Gasteiger partial charge >= 0.3 is 0 Å². The van der Waals surface area contributed by atoms with Crippen molar-refractivity contribution in [2.75, 3.05) is 0 Å². The predicted octanol–water partition coefficient (Wildman–Crippen LogP) is 4.83. The Kier molecular flexibility index (Phi) is 3.61. The maximum atomic E-state index is 12.7. The summed E-state index contributed by atoms with van der Waals surface area (Å²) >= 11 is 0. The lowest BCUT2D eigenvalue weighted by Crippen LogP contribution is -2.01. The Morgan fingerprint density at radius 2 is 1.67 bits per heavy atom. The molecule has 1 heterocycles. The van der Waals surface area contributed by atoms with Crippen molar-refractivity contribution < 1.29 is 4.79 Å². The Hall–Kier alpha value is -2.35. The van der Waals surface area contributed by atoms with Crippen LogP contribution < -0.4 is 0 Å². The van der Waals surface area contributed by atoms with Gasteiger partial charge in [-0.1, -0.05) is 55.5 Å². The summed E-state index contributed by atoms with van der Waals surface area (Å²) in [6.07, 6.45) is 1.46. The van der Waals surface area contributed by atoms with Crippen LogP contribution in [0.2, 0.25) is 0 Å². The van der Waals surface area contributed by atoms with Crippen molar-refractivity contribution in [2.45, 2.75) is 19.8 Å². The van der Waals surface area contributed by atoms with Crippen LogP contribution in [-0.4, -0.2) is 10.4 Å². The first-order chi connectivity index (χ1) is 10.2. The summed E-state index contributed by atoms with van der Waals surface area (Å²) < 4.78 is 2.13. The number of hydrogen-bond donors (Lipinski definition) is 0. The standard InChI is InChI=1S/C19H19NO/c1-3-9-17(21)18-15-12-7-8-13-16(15)20(2)19(18)14-10-5-4-6-11-14/h4-8,10-13H,3,9H2,1-2H3. The van der Waals surface area contributed by atoms with E-state index in [1.807, 2.05) is 50.4 Å². The Morgan fingerprint density at radius 3 is 2.38 bits per heavy atom.